The zero-order valence-corrected chi connectivity index (χ0v) is 16.1. The summed E-state index contributed by atoms with van der Waals surface area (Å²) in [7, 11) is 0. The number of amides is 2. The average Bonchev–Trinajstić information content (AvgIpc) is 3.17. The van der Waals surface area contributed by atoms with Crippen molar-refractivity contribution in [1.29, 1.82) is 0 Å². The van der Waals surface area contributed by atoms with E-state index in [-0.39, 0.29) is 23.6 Å². The smallest absolute Gasteiger partial charge is 0.352 e. The standard InChI is InChI=1S/C19H20F3N3O2S/c1-2-16(26)23-14-7-4-8-25(10-14)18(27)15-11-28-17(24-15)12-5-3-6-13(9-12)19(20,21)22/h3,5-6,9,11,14H,2,4,7-8,10H2,1H3,(H,23,26). The number of rotatable bonds is 4. The van der Waals surface area contributed by atoms with Gasteiger partial charge in [0, 0.05) is 36.5 Å². The number of piperidine rings is 1. The molecule has 2 heterocycles. The van der Waals surface area contributed by atoms with Crippen LogP contribution in [0.3, 0.4) is 0 Å². The Kier molecular flexibility index (Phi) is 6.02. The molecule has 2 amide bonds. The molecule has 0 spiro atoms. The van der Waals surface area contributed by atoms with Gasteiger partial charge >= 0.3 is 6.18 Å². The highest BCUT2D eigenvalue weighted by Crippen LogP contribution is 2.33. The van der Waals surface area contributed by atoms with Crippen LogP contribution in [0.15, 0.2) is 29.6 Å². The van der Waals surface area contributed by atoms with Gasteiger partial charge in [0.15, 0.2) is 0 Å². The van der Waals surface area contributed by atoms with Crippen LogP contribution in [0, 0.1) is 0 Å². The molecule has 1 aliphatic rings. The SMILES string of the molecule is CCC(=O)NC1CCCN(C(=O)c2csc(-c3cccc(C(F)(F)F)c3)n2)C1. The molecule has 28 heavy (non-hydrogen) atoms. The third kappa shape index (κ3) is 4.70. The van der Waals surface area contributed by atoms with Gasteiger partial charge in [0.25, 0.3) is 5.91 Å². The van der Waals surface area contributed by atoms with Crippen LogP contribution in [0.25, 0.3) is 10.6 Å². The number of nitrogens with one attached hydrogen (secondary N) is 1. The third-order valence-corrected chi connectivity index (χ3v) is 5.45. The van der Waals surface area contributed by atoms with E-state index in [0.717, 1.165) is 36.3 Å². The molecule has 1 unspecified atom stereocenters. The monoisotopic (exact) mass is 411 g/mol. The molecular formula is C19H20F3N3O2S. The van der Waals surface area contributed by atoms with Crippen molar-refractivity contribution in [1.82, 2.24) is 15.2 Å². The van der Waals surface area contributed by atoms with E-state index in [1.54, 1.807) is 23.3 Å². The molecule has 150 valence electrons. The number of alkyl halides is 3. The normalized spacial score (nSPS) is 17.4. The first-order chi connectivity index (χ1) is 13.3. The number of benzene rings is 1. The second kappa shape index (κ2) is 8.30. The molecule has 1 atom stereocenters. The topological polar surface area (TPSA) is 62.3 Å². The molecule has 1 aromatic carbocycles. The first kappa shape index (κ1) is 20.3. The molecule has 1 aromatic heterocycles. The predicted octanol–water partition coefficient (Wildman–Crippen LogP) is 3.96. The second-order valence-corrected chi connectivity index (χ2v) is 7.49. The van der Waals surface area contributed by atoms with Crippen LogP contribution in [0.5, 0.6) is 0 Å². The van der Waals surface area contributed by atoms with E-state index in [4.69, 9.17) is 0 Å². The van der Waals surface area contributed by atoms with Gasteiger partial charge in [-0.25, -0.2) is 4.98 Å². The van der Waals surface area contributed by atoms with Crippen LogP contribution >= 0.6 is 11.3 Å². The molecule has 1 N–H and O–H groups in total. The highest BCUT2D eigenvalue weighted by Gasteiger charge is 2.31. The summed E-state index contributed by atoms with van der Waals surface area (Å²) in [6.45, 7) is 2.74. The predicted molar refractivity (Wildman–Crippen MR) is 99.9 cm³/mol. The number of aromatic nitrogens is 1. The van der Waals surface area contributed by atoms with E-state index >= 15 is 0 Å². The van der Waals surface area contributed by atoms with Crippen molar-refractivity contribution in [3.63, 3.8) is 0 Å². The Balaban J connectivity index is 1.73. The van der Waals surface area contributed by atoms with Crippen molar-refractivity contribution < 1.29 is 22.8 Å². The molecule has 5 nitrogen and oxygen atoms in total. The number of hydrogen-bond acceptors (Lipinski definition) is 4. The molecule has 0 aliphatic carbocycles. The summed E-state index contributed by atoms with van der Waals surface area (Å²) in [6.07, 6.45) is -2.47. The highest BCUT2D eigenvalue weighted by molar-refractivity contribution is 7.13. The quantitative estimate of drug-likeness (QED) is 0.829. The lowest BCUT2D eigenvalue weighted by molar-refractivity contribution is -0.137. The summed E-state index contributed by atoms with van der Waals surface area (Å²) in [5.41, 5.74) is -0.218. The van der Waals surface area contributed by atoms with E-state index in [1.807, 2.05) is 0 Å². The van der Waals surface area contributed by atoms with Crippen LogP contribution in [-0.4, -0.2) is 40.8 Å². The molecule has 1 saturated heterocycles. The van der Waals surface area contributed by atoms with Crippen molar-refractivity contribution in [2.45, 2.75) is 38.4 Å². The molecule has 0 saturated carbocycles. The van der Waals surface area contributed by atoms with Crippen LogP contribution in [-0.2, 0) is 11.0 Å². The number of halogens is 3. The van der Waals surface area contributed by atoms with Gasteiger partial charge < -0.3 is 10.2 Å². The number of likely N-dealkylation sites (tertiary alicyclic amines) is 1. The number of carbonyl (C=O) groups is 2. The van der Waals surface area contributed by atoms with Gasteiger partial charge in [0.2, 0.25) is 5.91 Å². The van der Waals surface area contributed by atoms with Gasteiger partial charge in [-0.15, -0.1) is 11.3 Å². The minimum Gasteiger partial charge on any atom is -0.352 e. The minimum atomic E-state index is -4.43. The van der Waals surface area contributed by atoms with Crippen molar-refractivity contribution in [2.75, 3.05) is 13.1 Å². The maximum atomic E-state index is 12.9. The lowest BCUT2D eigenvalue weighted by atomic mass is 10.1. The lowest BCUT2D eigenvalue weighted by Crippen LogP contribution is -2.49. The molecule has 0 radical (unpaired) electrons. The van der Waals surface area contributed by atoms with E-state index in [2.05, 4.69) is 10.3 Å². The van der Waals surface area contributed by atoms with Crippen molar-refractivity contribution in [3.05, 3.63) is 40.9 Å². The Morgan fingerprint density at radius 3 is 2.86 bits per heavy atom. The second-order valence-electron chi connectivity index (χ2n) is 6.63. The summed E-state index contributed by atoms with van der Waals surface area (Å²) in [4.78, 5) is 30.2. The molecule has 3 rings (SSSR count). The molecular weight excluding hydrogens is 391 g/mol. The van der Waals surface area contributed by atoms with Crippen LogP contribution in [0.1, 0.15) is 42.2 Å². The Morgan fingerprint density at radius 2 is 2.14 bits per heavy atom. The number of thiazole rings is 1. The van der Waals surface area contributed by atoms with Gasteiger partial charge in [-0.05, 0) is 25.0 Å². The fraction of sp³-hybridized carbons (Fsp3) is 0.421. The number of hydrogen-bond donors (Lipinski definition) is 1. The van der Waals surface area contributed by atoms with Crippen molar-refractivity contribution in [3.8, 4) is 10.6 Å². The van der Waals surface area contributed by atoms with E-state index in [1.165, 1.54) is 6.07 Å². The zero-order chi connectivity index (χ0) is 20.3. The van der Waals surface area contributed by atoms with Crippen molar-refractivity contribution >= 4 is 23.2 Å². The van der Waals surface area contributed by atoms with E-state index < -0.39 is 11.7 Å². The van der Waals surface area contributed by atoms with Gasteiger partial charge in [0.1, 0.15) is 10.7 Å². The first-order valence-corrected chi connectivity index (χ1v) is 9.87. The van der Waals surface area contributed by atoms with Gasteiger partial charge in [0.05, 0.1) is 5.56 Å². The molecule has 2 aromatic rings. The molecule has 1 aliphatic heterocycles. The zero-order valence-electron chi connectivity index (χ0n) is 15.3. The summed E-state index contributed by atoms with van der Waals surface area (Å²) in [6, 6.07) is 4.81. The van der Waals surface area contributed by atoms with Crippen LogP contribution < -0.4 is 5.32 Å². The maximum absolute atomic E-state index is 12.9. The van der Waals surface area contributed by atoms with Gasteiger partial charge in [-0.1, -0.05) is 19.1 Å². The first-order valence-electron chi connectivity index (χ1n) is 8.99. The summed E-state index contributed by atoms with van der Waals surface area (Å²) < 4.78 is 38.7. The van der Waals surface area contributed by atoms with Gasteiger partial charge in [-0.3, -0.25) is 9.59 Å². The summed E-state index contributed by atoms with van der Waals surface area (Å²) >= 11 is 1.13. The summed E-state index contributed by atoms with van der Waals surface area (Å²) in [5, 5.41) is 4.82. The highest BCUT2D eigenvalue weighted by atomic mass is 32.1. The fourth-order valence-corrected chi connectivity index (χ4v) is 3.90. The molecule has 1 fully saturated rings. The van der Waals surface area contributed by atoms with E-state index in [9.17, 15) is 22.8 Å². The number of nitrogens with zero attached hydrogens (tertiary/aromatic N) is 2. The fourth-order valence-electron chi connectivity index (χ4n) is 3.10. The summed E-state index contributed by atoms with van der Waals surface area (Å²) in [5.74, 6) is -0.329. The van der Waals surface area contributed by atoms with Crippen LogP contribution in [0.4, 0.5) is 13.2 Å². The Bertz CT molecular complexity index is 866. The molecule has 9 heteroatoms. The number of carbonyl (C=O) groups excluding carboxylic acids is 2. The van der Waals surface area contributed by atoms with E-state index in [0.29, 0.717) is 30.1 Å². The average molecular weight is 411 g/mol. The lowest BCUT2D eigenvalue weighted by Gasteiger charge is -2.32. The third-order valence-electron chi connectivity index (χ3n) is 4.55. The van der Waals surface area contributed by atoms with Gasteiger partial charge in [-0.2, -0.15) is 13.2 Å². The maximum Gasteiger partial charge on any atom is 0.416 e. The Labute approximate surface area is 164 Å². The Hall–Kier alpha value is -2.42. The van der Waals surface area contributed by atoms with Crippen LogP contribution in [0.2, 0.25) is 0 Å². The van der Waals surface area contributed by atoms with Crippen molar-refractivity contribution in [2.24, 2.45) is 0 Å². The minimum absolute atomic E-state index is 0.0557. The molecule has 0 bridgehead atoms. The largest absolute Gasteiger partial charge is 0.416 e. The Morgan fingerprint density at radius 1 is 1.36 bits per heavy atom.